The van der Waals surface area contributed by atoms with Crippen LogP contribution in [0.5, 0.6) is 0 Å². The molecule has 4 atom stereocenters. The van der Waals surface area contributed by atoms with Gasteiger partial charge in [-0.05, 0) is 63.1 Å². The fourth-order valence-electron chi connectivity index (χ4n) is 4.58. The lowest BCUT2D eigenvalue weighted by Crippen LogP contribution is -2.65. The lowest BCUT2D eigenvalue weighted by atomic mass is 9.94. The van der Waals surface area contributed by atoms with Crippen LogP contribution in [0.2, 0.25) is 0 Å². The Morgan fingerprint density at radius 3 is 2.47 bits per heavy atom. The number of carbonyl (C=O) groups excluding carboxylic acids is 4. The molecule has 0 radical (unpaired) electrons. The number of fused-ring (bicyclic) bond motifs is 1. The van der Waals surface area contributed by atoms with Gasteiger partial charge in [0.15, 0.2) is 11.6 Å². The Bertz CT molecular complexity index is 1010. The predicted octanol–water partition coefficient (Wildman–Crippen LogP) is 0.929. The highest BCUT2D eigenvalue weighted by Gasteiger charge is 2.43. The summed E-state index contributed by atoms with van der Waals surface area (Å²) in [5.41, 5.74) is -1.10. The average molecular weight is 509 g/mol. The molecule has 0 spiro atoms. The summed E-state index contributed by atoms with van der Waals surface area (Å²) >= 11 is 0. The number of benzene rings is 1. The van der Waals surface area contributed by atoms with E-state index < -0.39 is 58.9 Å². The zero-order valence-corrected chi connectivity index (χ0v) is 20.6. The lowest BCUT2D eigenvalue weighted by molar-refractivity contribution is -0.144. The molecule has 3 rings (SSSR count). The predicted molar refractivity (Wildman–Crippen MR) is 126 cm³/mol. The molecule has 1 unspecified atom stereocenters. The van der Waals surface area contributed by atoms with E-state index in [-0.39, 0.29) is 32.4 Å². The number of halogens is 2. The molecule has 4 N–H and O–H groups in total. The first-order chi connectivity index (χ1) is 17.1. The second-order valence-electron chi connectivity index (χ2n) is 9.62. The topological polar surface area (TPSA) is 128 Å². The number of amides is 4. The fourth-order valence-corrected chi connectivity index (χ4v) is 4.58. The third-order valence-electron chi connectivity index (χ3n) is 7.01. The summed E-state index contributed by atoms with van der Waals surface area (Å²) in [4.78, 5) is 54.7. The van der Waals surface area contributed by atoms with E-state index in [1.165, 1.54) is 17.9 Å². The summed E-state index contributed by atoms with van der Waals surface area (Å²) in [6.45, 7) is 3.46. The molecule has 9 nitrogen and oxygen atoms in total. The quantitative estimate of drug-likeness (QED) is 0.408. The van der Waals surface area contributed by atoms with Crippen LogP contribution < -0.4 is 16.0 Å². The number of carbonyl (C=O) groups is 4. The van der Waals surface area contributed by atoms with E-state index in [4.69, 9.17) is 5.11 Å². The number of aliphatic hydroxyl groups excluding tert-OH is 1. The molecule has 2 fully saturated rings. The molecular formula is C25H34F2N4O5. The van der Waals surface area contributed by atoms with Gasteiger partial charge in [0.2, 0.25) is 23.6 Å². The number of nitrogens with zero attached hydrogens (tertiary/aromatic N) is 1. The number of hydrogen-bond donors (Lipinski definition) is 4. The SMILES string of the molecule is CC[C@]1(C)NC(=O)[C@H](CCCCO)NC(=O)[C@H]2CCCN2C(=O)C(Cc2ccc(F)c(F)c2)NC1=O. The standard InChI is InChI=1S/C25H34F2N4O5/c1-3-25(2)24(36)29-19(14-15-9-10-16(26)17(27)13-15)23(35)31-11-6-8-20(31)22(34)28-18(21(33)30-25)7-4-5-12-32/h9-10,13,18-20,32H,3-8,11-12,14H2,1-2H3,(H,28,34)(H,29,36)(H,30,33)/t18-,19?,20+,25-/m0/s1. The van der Waals surface area contributed by atoms with Crippen molar-refractivity contribution in [3.8, 4) is 0 Å². The van der Waals surface area contributed by atoms with Crippen LogP contribution in [-0.4, -0.2) is 70.5 Å². The molecule has 0 aromatic heterocycles. The second kappa shape index (κ2) is 11.8. The van der Waals surface area contributed by atoms with Gasteiger partial charge in [0.05, 0.1) is 0 Å². The minimum Gasteiger partial charge on any atom is -0.396 e. The van der Waals surface area contributed by atoms with Crippen LogP contribution in [0.1, 0.15) is 57.9 Å². The van der Waals surface area contributed by atoms with E-state index in [1.54, 1.807) is 6.92 Å². The van der Waals surface area contributed by atoms with Crippen molar-refractivity contribution >= 4 is 23.6 Å². The van der Waals surface area contributed by atoms with Gasteiger partial charge in [-0.2, -0.15) is 0 Å². The van der Waals surface area contributed by atoms with Gasteiger partial charge < -0.3 is 26.0 Å². The van der Waals surface area contributed by atoms with Crippen molar-refractivity contribution in [2.24, 2.45) is 0 Å². The van der Waals surface area contributed by atoms with Crippen molar-refractivity contribution in [2.45, 2.75) is 82.5 Å². The maximum Gasteiger partial charge on any atom is 0.246 e. The van der Waals surface area contributed by atoms with Crippen LogP contribution in [0.3, 0.4) is 0 Å². The minimum absolute atomic E-state index is 0.0540. The maximum atomic E-state index is 13.8. The van der Waals surface area contributed by atoms with Crippen molar-refractivity contribution in [2.75, 3.05) is 13.2 Å². The number of nitrogens with one attached hydrogen (secondary N) is 3. The lowest BCUT2D eigenvalue weighted by Gasteiger charge is -2.36. The first kappa shape index (κ1) is 27.5. The minimum atomic E-state index is -1.40. The molecule has 1 aromatic rings. The molecule has 4 amide bonds. The Labute approximate surface area is 209 Å². The summed E-state index contributed by atoms with van der Waals surface area (Å²) < 4.78 is 27.3. The van der Waals surface area contributed by atoms with Crippen LogP contribution >= 0.6 is 0 Å². The summed E-state index contributed by atoms with van der Waals surface area (Å²) in [7, 11) is 0. The van der Waals surface area contributed by atoms with Gasteiger partial charge in [-0.25, -0.2) is 8.78 Å². The van der Waals surface area contributed by atoms with Crippen molar-refractivity contribution < 1.29 is 33.1 Å². The number of hydrogen-bond acceptors (Lipinski definition) is 5. The molecule has 2 saturated heterocycles. The van der Waals surface area contributed by atoms with Crippen molar-refractivity contribution in [1.29, 1.82) is 0 Å². The average Bonchev–Trinajstić information content (AvgIpc) is 3.34. The summed E-state index contributed by atoms with van der Waals surface area (Å²) in [6, 6.07) is 0.339. The maximum absolute atomic E-state index is 13.8. The van der Waals surface area contributed by atoms with Gasteiger partial charge in [-0.15, -0.1) is 0 Å². The van der Waals surface area contributed by atoms with E-state index in [2.05, 4.69) is 16.0 Å². The van der Waals surface area contributed by atoms with E-state index >= 15 is 0 Å². The zero-order valence-electron chi connectivity index (χ0n) is 20.6. The Morgan fingerprint density at radius 2 is 1.81 bits per heavy atom. The highest BCUT2D eigenvalue weighted by Crippen LogP contribution is 2.22. The van der Waals surface area contributed by atoms with Crippen LogP contribution in [0.15, 0.2) is 18.2 Å². The molecule has 2 aliphatic heterocycles. The third kappa shape index (κ3) is 6.18. The first-order valence-corrected chi connectivity index (χ1v) is 12.4. The van der Waals surface area contributed by atoms with Gasteiger partial charge in [-0.1, -0.05) is 13.0 Å². The largest absolute Gasteiger partial charge is 0.396 e. The molecule has 0 bridgehead atoms. The third-order valence-corrected chi connectivity index (χ3v) is 7.01. The van der Waals surface area contributed by atoms with E-state index in [0.717, 1.165) is 12.1 Å². The van der Waals surface area contributed by atoms with Gasteiger partial charge >= 0.3 is 0 Å². The number of rotatable bonds is 7. The number of unbranched alkanes of at least 4 members (excludes halogenated alkanes) is 1. The Hall–Kier alpha value is -3.08. The van der Waals surface area contributed by atoms with Crippen LogP contribution in [-0.2, 0) is 25.6 Å². The van der Waals surface area contributed by atoms with Gasteiger partial charge in [0.25, 0.3) is 0 Å². The monoisotopic (exact) mass is 508 g/mol. The Morgan fingerprint density at radius 1 is 1.06 bits per heavy atom. The van der Waals surface area contributed by atoms with Crippen LogP contribution in [0, 0.1) is 11.6 Å². The Balaban J connectivity index is 1.96. The molecule has 0 aliphatic carbocycles. The molecule has 2 heterocycles. The van der Waals surface area contributed by atoms with Crippen molar-refractivity contribution in [3.63, 3.8) is 0 Å². The molecule has 0 saturated carbocycles. The van der Waals surface area contributed by atoms with Crippen molar-refractivity contribution in [1.82, 2.24) is 20.9 Å². The first-order valence-electron chi connectivity index (χ1n) is 12.4. The highest BCUT2D eigenvalue weighted by molar-refractivity contribution is 5.99. The van der Waals surface area contributed by atoms with E-state index in [1.807, 2.05) is 0 Å². The zero-order chi connectivity index (χ0) is 26.5. The molecular weight excluding hydrogens is 474 g/mol. The van der Waals surface area contributed by atoms with E-state index in [9.17, 15) is 28.0 Å². The summed E-state index contributed by atoms with van der Waals surface area (Å²) in [6.07, 6.45) is 2.21. The van der Waals surface area contributed by atoms with Crippen LogP contribution in [0.25, 0.3) is 0 Å². The highest BCUT2D eigenvalue weighted by atomic mass is 19.2. The Kier molecular flexibility index (Phi) is 8.99. The second-order valence-corrected chi connectivity index (χ2v) is 9.62. The molecule has 1 aromatic carbocycles. The molecule has 198 valence electrons. The number of aliphatic hydroxyl groups is 1. The summed E-state index contributed by atoms with van der Waals surface area (Å²) in [5, 5.41) is 17.3. The fraction of sp³-hybridized carbons (Fsp3) is 0.600. The van der Waals surface area contributed by atoms with Gasteiger partial charge in [0, 0.05) is 19.6 Å². The molecule has 36 heavy (non-hydrogen) atoms. The molecule has 2 aliphatic rings. The smallest absolute Gasteiger partial charge is 0.246 e. The summed E-state index contributed by atoms with van der Waals surface area (Å²) in [5.74, 6) is -4.21. The molecule has 11 heteroatoms. The van der Waals surface area contributed by atoms with E-state index in [0.29, 0.717) is 31.2 Å². The normalized spacial score (nSPS) is 27.5. The van der Waals surface area contributed by atoms with Crippen LogP contribution in [0.4, 0.5) is 8.78 Å². The van der Waals surface area contributed by atoms with Crippen molar-refractivity contribution in [3.05, 3.63) is 35.4 Å². The van der Waals surface area contributed by atoms with Gasteiger partial charge in [-0.3, -0.25) is 19.2 Å². The van der Waals surface area contributed by atoms with Gasteiger partial charge in [0.1, 0.15) is 23.7 Å².